The van der Waals surface area contributed by atoms with Crippen molar-refractivity contribution in [1.29, 1.82) is 0 Å². The van der Waals surface area contributed by atoms with Gasteiger partial charge in [-0.1, -0.05) is 22.6 Å². The molecule has 1 aliphatic carbocycles. The largest absolute Gasteiger partial charge is 0.215 e. The summed E-state index contributed by atoms with van der Waals surface area (Å²) in [5.74, 6) is 0. The Morgan fingerprint density at radius 2 is 2.11 bits per heavy atom. The van der Waals surface area contributed by atoms with Crippen molar-refractivity contribution in [2.45, 2.75) is 18.1 Å². The van der Waals surface area contributed by atoms with E-state index < -0.39 is 10.0 Å². The fourth-order valence-electron chi connectivity index (χ4n) is 0.572. The van der Waals surface area contributed by atoms with Crippen LogP contribution in [0.15, 0.2) is 0 Å². The Balaban J connectivity index is 2.51. The standard InChI is InChI=1S/C4H8INO2S/c5-3-6-9(7,8)4-1-2-4/h4,6H,1-3H2. The van der Waals surface area contributed by atoms with Gasteiger partial charge >= 0.3 is 0 Å². The number of hydrogen-bond donors (Lipinski definition) is 1. The van der Waals surface area contributed by atoms with Crippen LogP contribution in [0.25, 0.3) is 0 Å². The molecule has 0 atom stereocenters. The first-order chi connectivity index (χ1) is 4.17. The van der Waals surface area contributed by atoms with Gasteiger partial charge in [0.25, 0.3) is 0 Å². The van der Waals surface area contributed by atoms with E-state index in [4.69, 9.17) is 0 Å². The SMILES string of the molecule is O=S(=O)(NCI)C1CC1. The molecule has 0 unspecified atom stereocenters. The van der Waals surface area contributed by atoms with Crippen LogP contribution in [0.4, 0.5) is 0 Å². The third kappa shape index (κ3) is 2.05. The minimum Gasteiger partial charge on any atom is -0.212 e. The van der Waals surface area contributed by atoms with Crippen molar-refractivity contribution in [3.8, 4) is 0 Å². The minimum absolute atomic E-state index is 0.0766. The van der Waals surface area contributed by atoms with E-state index >= 15 is 0 Å². The van der Waals surface area contributed by atoms with E-state index in [-0.39, 0.29) is 5.25 Å². The van der Waals surface area contributed by atoms with E-state index in [0.29, 0.717) is 4.55 Å². The van der Waals surface area contributed by atoms with Crippen LogP contribution in [0.2, 0.25) is 0 Å². The summed E-state index contributed by atoms with van der Waals surface area (Å²) in [5.41, 5.74) is 0. The van der Waals surface area contributed by atoms with E-state index in [1.807, 2.05) is 22.6 Å². The summed E-state index contributed by atoms with van der Waals surface area (Å²) in [6.07, 6.45) is 1.68. The Morgan fingerprint density at radius 1 is 1.56 bits per heavy atom. The molecule has 0 saturated heterocycles. The number of rotatable bonds is 3. The second-order valence-electron chi connectivity index (χ2n) is 2.02. The molecule has 1 N–H and O–H groups in total. The first kappa shape index (κ1) is 7.74. The highest BCUT2D eigenvalue weighted by atomic mass is 127. The van der Waals surface area contributed by atoms with Crippen molar-refractivity contribution in [2.75, 3.05) is 4.55 Å². The molecule has 0 heterocycles. The van der Waals surface area contributed by atoms with Gasteiger partial charge in [-0.25, -0.2) is 13.1 Å². The Morgan fingerprint density at radius 3 is 2.44 bits per heavy atom. The van der Waals surface area contributed by atoms with Gasteiger partial charge in [0.1, 0.15) is 0 Å². The fraction of sp³-hybridized carbons (Fsp3) is 1.00. The number of nitrogens with one attached hydrogen (secondary N) is 1. The molecule has 1 fully saturated rings. The molecule has 1 rings (SSSR count). The normalized spacial score (nSPS) is 20.1. The van der Waals surface area contributed by atoms with Crippen molar-refractivity contribution in [3.63, 3.8) is 0 Å². The summed E-state index contributed by atoms with van der Waals surface area (Å²) in [5, 5.41) is -0.0766. The molecule has 1 aliphatic rings. The van der Waals surface area contributed by atoms with Gasteiger partial charge in [0.15, 0.2) is 0 Å². The quantitative estimate of drug-likeness (QED) is 0.456. The van der Waals surface area contributed by atoms with E-state index in [0.717, 1.165) is 12.8 Å². The Bertz CT molecular complexity index is 185. The van der Waals surface area contributed by atoms with Gasteiger partial charge in [0, 0.05) is 0 Å². The van der Waals surface area contributed by atoms with Crippen LogP contribution in [-0.2, 0) is 10.0 Å². The number of alkyl halides is 1. The molecule has 9 heavy (non-hydrogen) atoms. The summed E-state index contributed by atoms with van der Waals surface area (Å²) in [6, 6.07) is 0. The Kier molecular flexibility index (Phi) is 2.33. The van der Waals surface area contributed by atoms with E-state index in [9.17, 15) is 8.42 Å². The zero-order valence-corrected chi connectivity index (χ0v) is 7.78. The molecular weight excluding hydrogens is 253 g/mol. The van der Waals surface area contributed by atoms with Crippen molar-refractivity contribution in [1.82, 2.24) is 4.72 Å². The molecule has 54 valence electrons. The molecule has 0 aromatic rings. The van der Waals surface area contributed by atoms with Gasteiger partial charge < -0.3 is 0 Å². The van der Waals surface area contributed by atoms with Gasteiger partial charge in [-0.15, -0.1) is 0 Å². The molecule has 0 aromatic carbocycles. The summed E-state index contributed by atoms with van der Waals surface area (Å²) in [4.78, 5) is 0. The number of halogens is 1. The highest BCUT2D eigenvalue weighted by Gasteiger charge is 2.34. The zero-order chi connectivity index (χ0) is 6.91. The number of hydrogen-bond acceptors (Lipinski definition) is 2. The lowest BCUT2D eigenvalue weighted by Crippen LogP contribution is -2.25. The van der Waals surface area contributed by atoms with Gasteiger partial charge in [-0.3, -0.25) is 0 Å². The summed E-state index contributed by atoms with van der Waals surface area (Å²) in [7, 11) is -2.89. The van der Waals surface area contributed by atoms with Gasteiger partial charge in [0.2, 0.25) is 10.0 Å². The molecule has 0 radical (unpaired) electrons. The average Bonchev–Trinajstić information content (AvgIpc) is 2.41. The van der Waals surface area contributed by atoms with Crippen LogP contribution in [0, 0.1) is 0 Å². The molecule has 0 aliphatic heterocycles. The van der Waals surface area contributed by atoms with Crippen LogP contribution in [0.3, 0.4) is 0 Å². The molecule has 0 spiro atoms. The fourth-order valence-corrected chi connectivity index (χ4v) is 3.02. The molecule has 3 nitrogen and oxygen atoms in total. The van der Waals surface area contributed by atoms with Gasteiger partial charge in [-0.2, -0.15) is 0 Å². The lowest BCUT2D eigenvalue weighted by molar-refractivity contribution is 0.586. The van der Waals surface area contributed by atoms with Crippen molar-refractivity contribution in [3.05, 3.63) is 0 Å². The van der Waals surface area contributed by atoms with Crippen LogP contribution in [0.1, 0.15) is 12.8 Å². The van der Waals surface area contributed by atoms with Crippen LogP contribution in [0.5, 0.6) is 0 Å². The summed E-state index contributed by atoms with van der Waals surface area (Å²) >= 11 is 1.98. The maximum Gasteiger partial charge on any atom is 0.215 e. The predicted octanol–water partition coefficient (Wildman–Crippen LogP) is 0.461. The Hall–Kier alpha value is 0.640. The van der Waals surface area contributed by atoms with E-state index in [1.54, 1.807) is 0 Å². The van der Waals surface area contributed by atoms with Gasteiger partial charge in [0.05, 0.1) is 9.80 Å². The lowest BCUT2D eigenvalue weighted by Gasteiger charge is -1.98. The first-order valence-corrected chi connectivity index (χ1v) is 5.78. The topological polar surface area (TPSA) is 46.2 Å². The second-order valence-corrected chi connectivity index (χ2v) is 4.83. The third-order valence-electron chi connectivity index (χ3n) is 1.22. The monoisotopic (exact) mass is 261 g/mol. The van der Waals surface area contributed by atoms with Crippen molar-refractivity contribution >= 4 is 32.6 Å². The van der Waals surface area contributed by atoms with Crippen molar-refractivity contribution in [2.24, 2.45) is 0 Å². The average molecular weight is 261 g/mol. The molecule has 5 heteroatoms. The van der Waals surface area contributed by atoms with Crippen molar-refractivity contribution < 1.29 is 8.42 Å². The lowest BCUT2D eigenvalue weighted by atomic mass is 11.0. The zero-order valence-electron chi connectivity index (χ0n) is 4.80. The summed E-state index contributed by atoms with van der Waals surface area (Å²) in [6.45, 7) is 0. The molecular formula is C4H8INO2S. The van der Waals surface area contributed by atoms with Crippen LogP contribution >= 0.6 is 22.6 Å². The number of sulfonamides is 1. The smallest absolute Gasteiger partial charge is 0.212 e. The van der Waals surface area contributed by atoms with E-state index in [2.05, 4.69) is 4.72 Å². The maximum absolute atomic E-state index is 10.9. The molecule has 1 saturated carbocycles. The maximum atomic E-state index is 10.9. The molecule has 0 bridgehead atoms. The third-order valence-corrected chi connectivity index (χ3v) is 4.01. The predicted molar refractivity (Wildman–Crippen MR) is 44.0 cm³/mol. The van der Waals surface area contributed by atoms with Crippen LogP contribution < -0.4 is 4.72 Å². The summed E-state index contributed by atoms with van der Waals surface area (Å²) < 4.78 is 24.7. The highest BCUT2D eigenvalue weighted by molar-refractivity contribution is 14.1. The van der Waals surface area contributed by atoms with Crippen LogP contribution in [-0.4, -0.2) is 18.2 Å². The highest BCUT2D eigenvalue weighted by Crippen LogP contribution is 2.27. The molecule has 0 aromatic heterocycles. The Labute approximate surface area is 68.4 Å². The van der Waals surface area contributed by atoms with E-state index in [1.165, 1.54) is 0 Å². The minimum atomic E-state index is -2.89. The second kappa shape index (κ2) is 2.71. The molecule has 0 amide bonds. The van der Waals surface area contributed by atoms with Gasteiger partial charge in [-0.05, 0) is 12.8 Å². The first-order valence-electron chi connectivity index (χ1n) is 2.71.